The first-order valence-corrected chi connectivity index (χ1v) is 8.89. The maximum absolute atomic E-state index is 6.29. The summed E-state index contributed by atoms with van der Waals surface area (Å²) in [5.41, 5.74) is 4.87. The molecule has 3 heteroatoms. The molecule has 109 valence electrons. The summed E-state index contributed by atoms with van der Waals surface area (Å²) in [5, 5.41) is 0. The molecule has 0 nitrogen and oxygen atoms in total. The van der Waals surface area contributed by atoms with Crippen LogP contribution in [0.5, 0.6) is 0 Å². The molecule has 1 atom stereocenters. The van der Waals surface area contributed by atoms with E-state index in [1.807, 2.05) is 11.8 Å². The standard InChI is InChI=1S/C18H17Cl2S/c1-3-21-17-7-5-4-6-14(17)15-10-12(2)8-9-13(15)16-11-18(16,19)20/h4-7,9-10,16H,3,11H2,1-2H3. The zero-order chi connectivity index (χ0) is 15.0. The highest BCUT2D eigenvalue weighted by Gasteiger charge is 2.53. The maximum Gasteiger partial charge on any atom is 0.125 e. The van der Waals surface area contributed by atoms with Gasteiger partial charge in [0.1, 0.15) is 4.33 Å². The third-order valence-corrected chi connectivity index (χ3v) is 5.60. The molecule has 0 amide bonds. The van der Waals surface area contributed by atoms with Crippen molar-refractivity contribution in [3.05, 3.63) is 53.6 Å². The zero-order valence-electron chi connectivity index (χ0n) is 12.1. The van der Waals surface area contributed by atoms with Crippen LogP contribution < -0.4 is 0 Å². The van der Waals surface area contributed by atoms with Gasteiger partial charge in [-0.1, -0.05) is 31.2 Å². The second-order valence-corrected chi connectivity index (χ2v) is 8.28. The van der Waals surface area contributed by atoms with Gasteiger partial charge in [0.25, 0.3) is 0 Å². The monoisotopic (exact) mass is 335 g/mol. The number of halogens is 2. The van der Waals surface area contributed by atoms with Crippen LogP contribution in [0.3, 0.4) is 0 Å². The number of hydrogen-bond donors (Lipinski definition) is 0. The molecule has 1 radical (unpaired) electrons. The fraction of sp³-hybridized carbons (Fsp3) is 0.333. The highest BCUT2D eigenvalue weighted by Crippen LogP contribution is 2.61. The summed E-state index contributed by atoms with van der Waals surface area (Å²) in [7, 11) is 0. The second kappa shape index (κ2) is 5.87. The van der Waals surface area contributed by atoms with Gasteiger partial charge in [0.2, 0.25) is 0 Å². The average Bonchev–Trinajstić information content (AvgIpc) is 3.08. The lowest BCUT2D eigenvalue weighted by Gasteiger charge is -2.14. The van der Waals surface area contributed by atoms with Crippen LogP contribution in [0.2, 0.25) is 0 Å². The van der Waals surface area contributed by atoms with Crippen LogP contribution >= 0.6 is 35.0 Å². The van der Waals surface area contributed by atoms with Gasteiger partial charge in [-0.15, -0.1) is 35.0 Å². The van der Waals surface area contributed by atoms with Crippen LogP contribution in [0.1, 0.15) is 30.4 Å². The molecule has 0 aliphatic heterocycles. The van der Waals surface area contributed by atoms with Gasteiger partial charge in [-0.05, 0) is 59.6 Å². The minimum atomic E-state index is -0.606. The Morgan fingerprint density at radius 2 is 2.00 bits per heavy atom. The van der Waals surface area contributed by atoms with Gasteiger partial charge in [0, 0.05) is 10.8 Å². The Kier molecular flexibility index (Phi) is 4.27. The third kappa shape index (κ3) is 3.11. The van der Waals surface area contributed by atoms with E-state index in [1.54, 1.807) is 0 Å². The van der Waals surface area contributed by atoms with E-state index >= 15 is 0 Å². The lowest BCUT2D eigenvalue weighted by molar-refractivity contribution is 1.10. The molecule has 0 spiro atoms. The van der Waals surface area contributed by atoms with Crippen molar-refractivity contribution < 1.29 is 0 Å². The molecule has 1 aliphatic carbocycles. The van der Waals surface area contributed by atoms with Gasteiger partial charge in [0.05, 0.1) is 0 Å². The summed E-state index contributed by atoms with van der Waals surface area (Å²) in [6.45, 7) is 4.25. The van der Waals surface area contributed by atoms with Crippen molar-refractivity contribution in [2.45, 2.75) is 35.4 Å². The second-order valence-electron chi connectivity index (χ2n) is 5.43. The molecular weight excluding hydrogens is 319 g/mol. The van der Waals surface area contributed by atoms with E-state index in [2.05, 4.69) is 56.3 Å². The van der Waals surface area contributed by atoms with Crippen LogP contribution in [-0.2, 0) is 0 Å². The van der Waals surface area contributed by atoms with E-state index in [1.165, 1.54) is 21.6 Å². The number of aryl methyl sites for hydroxylation is 1. The Labute approximate surface area is 140 Å². The van der Waals surface area contributed by atoms with Crippen molar-refractivity contribution in [3.63, 3.8) is 0 Å². The highest BCUT2D eigenvalue weighted by atomic mass is 35.5. The maximum atomic E-state index is 6.29. The molecule has 0 N–H and O–H groups in total. The van der Waals surface area contributed by atoms with E-state index in [4.69, 9.17) is 23.2 Å². The molecule has 2 aromatic rings. The molecule has 0 heterocycles. The molecule has 1 fully saturated rings. The summed E-state index contributed by atoms with van der Waals surface area (Å²) in [4.78, 5) is 1.31. The van der Waals surface area contributed by atoms with Crippen molar-refractivity contribution >= 4 is 35.0 Å². The molecule has 1 aliphatic rings. The molecule has 21 heavy (non-hydrogen) atoms. The molecule has 2 aromatic carbocycles. The molecule has 0 saturated heterocycles. The van der Waals surface area contributed by atoms with Crippen LogP contribution in [0, 0.1) is 13.0 Å². The minimum absolute atomic E-state index is 0.215. The number of thioether (sulfide) groups is 1. The van der Waals surface area contributed by atoms with Crippen LogP contribution in [0.4, 0.5) is 0 Å². The average molecular weight is 336 g/mol. The Balaban J connectivity index is 2.12. The summed E-state index contributed by atoms with van der Waals surface area (Å²) in [6, 6.07) is 16.1. The topological polar surface area (TPSA) is 0 Å². The largest absolute Gasteiger partial charge is 0.126 e. The van der Waals surface area contributed by atoms with Gasteiger partial charge in [-0.2, -0.15) is 0 Å². The third-order valence-electron chi connectivity index (χ3n) is 3.81. The number of benzene rings is 2. The van der Waals surface area contributed by atoms with Gasteiger partial charge in [0.15, 0.2) is 0 Å². The minimum Gasteiger partial charge on any atom is -0.126 e. The quantitative estimate of drug-likeness (QED) is 0.471. The summed E-state index contributed by atoms with van der Waals surface area (Å²) < 4.78 is -0.606. The molecule has 1 saturated carbocycles. The summed E-state index contributed by atoms with van der Waals surface area (Å²) in [5.74, 6) is 1.27. The fourth-order valence-corrected chi connectivity index (χ4v) is 4.02. The summed E-state index contributed by atoms with van der Waals surface area (Å²) in [6.07, 6.45) is 0.823. The number of hydrogen-bond acceptors (Lipinski definition) is 1. The van der Waals surface area contributed by atoms with E-state index in [9.17, 15) is 0 Å². The first-order chi connectivity index (χ1) is 10.0. The van der Waals surface area contributed by atoms with Crippen molar-refractivity contribution in [2.75, 3.05) is 5.75 Å². The van der Waals surface area contributed by atoms with Gasteiger partial charge < -0.3 is 0 Å². The predicted molar refractivity (Wildman–Crippen MR) is 93.6 cm³/mol. The van der Waals surface area contributed by atoms with Crippen LogP contribution in [0.15, 0.2) is 41.3 Å². The highest BCUT2D eigenvalue weighted by molar-refractivity contribution is 7.99. The molecular formula is C18H17Cl2S. The van der Waals surface area contributed by atoms with Crippen molar-refractivity contribution in [2.24, 2.45) is 0 Å². The Hall–Kier alpha value is -0.630. The van der Waals surface area contributed by atoms with E-state index in [-0.39, 0.29) is 5.92 Å². The SMILES string of the molecule is CCSc1ccccc1-c1cc(C)[c]cc1C1CC1(Cl)Cl. The molecule has 1 unspecified atom stereocenters. The lowest BCUT2D eigenvalue weighted by atomic mass is 9.95. The van der Waals surface area contributed by atoms with Gasteiger partial charge in [-0.3, -0.25) is 0 Å². The smallest absolute Gasteiger partial charge is 0.125 e. The lowest BCUT2D eigenvalue weighted by Crippen LogP contribution is -1.95. The van der Waals surface area contributed by atoms with Gasteiger partial charge >= 0.3 is 0 Å². The molecule has 0 bridgehead atoms. The van der Waals surface area contributed by atoms with E-state index < -0.39 is 4.33 Å². The Bertz CT molecular complexity index is 664. The van der Waals surface area contributed by atoms with Gasteiger partial charge in [-0.25, -0.2) is 0 Å². The number of rotatable bonds is 4. The number of alkyl halides is 2. The predicted octanol–water partition coefficient (Wildman–Crippen LogP) is 6.24. The molecule has 0 aromatic heterocycles. The van der Waals surface area contributed by atoms with Crippen molar-refractivity contribution in [1.29, 1.82) is 0 Å². The fourth-order valence-electron chi connectivity index (χ4n) is 2.65. The van der Waals surface area contributed by atoms with Crippen LogP contribution in [-0.4, -0.2) is 10.1 Å². The van der Waals surface area contributed by atoms with Crippen LogP contribution in [0.25, 0.3) is 11.1 Å². The van der Waals surface area contributed by atoms with Crippen molar-refractivity contribution in [1.82, 2.24) is 0 Å². The van der Waals surface area contributed by atoms with Crippen molar-refractivity contribution in [3.8, 4) is 11.1 Å². The first kappa shape index (κ1) is 15.3. The zero-order valence-corrected chi connectivity index (χ0v) is 14.4. The first-order valence-electron chi connectivity index (χ1n) is 7.15. The molecule has 3 rings (SSSR count). The van der Waals surface area contributed by atoms with E-state index in [0.717, 1.165) is 17.7 Å². The normalized spacial score (nSPS) is 19.5. The van der Waals surface area contributed by atoms with E-state index in [0.29, 0.717) is 0 Å². The Morgan fingerprint density at radius 1 is 1.29 bits per heavy atom. The Morgan fingerprint density at radius 3 is 2.67 bits per heavy atom. The summed E-state index contributed by atoms with van der Waals surface area (Å²) >= 11 is 14.4.